The number of nitrogens with one attached hydrogen (secondary N) is 1. The van der Waals surface area contributed by atoms with Gasteiger partial charge in [0.1, 0.15) is 5.82 Å². The lowest BCUT2D eigenvalue weighted by Crippen LogP contribution is -2.19. The lowest BCUT2D eigenvalue weighted by Gasteiger charge is -2.03. The molecule has 0 saturated heterocycles. The number of rotatable bonds is 4. The van der Waals surface area contributed by atoms with Gasteiger partial charge in [0.2, 0.25) is 0 Å². The SMILES string of the molecule is Cc1ccc2c(c1)nc(CNCCO)n2C. The smallest absolute Gasteiger partial charge is 0.123 e. The highest BCUT2D eigenvalue weighted by atomic mass is 16.3. The van der Waals surface area contributed by atoms with Gasteiger partial charge in [-0.05, 0) is 24.6 Å². The molecule has 0 spiro atoms. The zero-order chi connectivity index (χ0) is 11.5. The predicted octanol–water partition coefficient (Wildman–Crippen LogP) is 0.964. The van der Waals surface area contributed by atoms with Gasteiger partial charge in [-0.25, -0.2) is 4.98 Å². The molecule has 16 heavy (non-hydrogen) atoms. The van der Waals surface area contributed by atoms with Crippen LogP contribution in [0, 0.1) is 6.92 Å². The molecule has 0 aliphatic rings. The molecule has 0 bridgehead atoms. The first-order valence-corrected chi connectivity index (χ1v) is 5.46. The van der Waals surface area contributed by atoms with Crippen LogP contribution < -0.4 is 5.32 Å². The van der Waals surface area contributed by atoms with Crippen molar-refractivity contribution in [3.8, 4) is 0 Å². The highest BCUT2D eigenvalue weighted by Gasteiger charge is 2.06. The fourth-order valence-corrected chi connectivity index (χ4v) is 1.80. The summed E-state index contributed by atoms with van der Waals surface area (Å²) in [6.45, 7) is 3.51. The molecule has 2 rings (SSSR count). The lowest BCUT2D eigenvalue weighted by atomic mass is 10.2. The third-order valence-electron chi connectivity index (χ3n) is 2.70. The van der Waals surface area contributed by atoms with Crippen molar-refractivity contribution < 1.29 is 5.11 Å². The van der Waals surface area contributed by atoms with Crippen LogP contribution in [-0.2, 0) is 13.6 Å². The van der Waals surface area contributed by atoms with Gasteiger partial charge in [0.25, 0.3) is 0 Å². The summed E-state index contributed by atoms with van der Waals surface area (Å²) in [5.41, 5.74) is 3.40. The van der Waals surface area contributed by atoms with Gasteiger partial charge in [0, 0.05) is 13.6 Å². The molecular weight excluding hydrogens is 202 g/mol. The first-order valence-electron chi connectivity index (χ1n) is 5.46. The number of hydrogen-bond donors (Lipinski definition) is 2. The topological polar surface area (TPSA) is 50.1 Å². The average molecular weight is 219 g/mol. The number of nitrogens with zero attached hydrogens (tertiary/aromatic N) is 2. The van der Waals surface area contributed by atoms with Crippen molar-refractivity contribution in [3.63, 3.8) is 0 Å². The van der Waals surface area contributed by atoms with Gasteiger partial charge >= 0.3 is 0 Å². The normalized spacial score (nSPS) is 11.2. The number of aliphatic hydroxyl groups is 1. The number of aliphatic hydroxyl groups excluding tert-OH is 1. The number of imidazole rings is 1. The summed E-state index contributed by atoms with van der Waals surface area (Å²) in [4.78, 5) is 4.56. The highest BCUT2D eigenvalue weighted by molar-refractivity contribution is 5.76. The predicted molar refractivity (Wildman–Crippen MR) is 64.2 cm³/mol. The largest absolute Gasteiger partial charge is 0.395 e. The van der Waals surface area contributed by atoms with E-state index >= 15 is 0 Å². The summed E-state index contributed by atoms with van der Waals surface area (Å²) in [5.74, 6) is 0.994. The minimum Gasteiger partial charge on any atom is -0.395 e. The van der Waals surface area contributed by atoms with Gasteiger partial charge in [-0.15, -0.1) is 0 Å². The molecule has 1 aromatic heterocycles. The minimum atomic E-state index is 0.156. The Kier molecular flexibility index (Phi) is 3.22. The maximum absolute atomic E-state index is 8.70. The standard InChI is InChI=1S/C12H17N3O/c1-9-3-4-11-10(7-9)14-12(15(11)2)8-13-5-6-16/h3-4,7,13,16H,5-6,8H2,1-2H3. The molecule has 1 aromatic carbocycles. The van der Waals surface area contributed by atoms with Crippen LogP contribution >= 0.6 is 0 Å². The average Bonchev–Trinajstić information content (AvgIpc) is 2.56. The van der Waals surface area contributed by atoms with Crippen LogP contribution in [0.15, 0.2) is 18.2 Å². The van der Waals surface area contributed by atoms with Crippen LogP contribution in [0.5, 0.6) is 0 Å². The maximum Gasteiger partial charge on any atom is 0.123 e. The van der Waals surface area contributed by atoms with E-state index in [2.05, 4.69) is 40.0 Å². The zero-order valence-electron chi connectivity index (χ0n) is 9.70. The second kappa shape index (κ2) is 4.63. The van der Waals surface area contributed by atoms with E-state index in [-0.39, 0.29) is 6.61 Å². The lowest BCUT2D eigenvalue weighted by molar-refractivity contribution is 0.291. The van der Waals surface area contributed by atoms with Gasteiger partial charge in [-0.3, -0.25) is 0 Å². The summed E-state index contributed by atoms with van der Waals surface area (Å²) < 4.78 is 2.08. The zero-order valence-corrected chi connectivity index (χ0v) is 9.70. The first kappa shape index (κ1) is 11.1. The molecule has 0 aliphatic carbocycles. The molecule has 4 heteroatoms. The summed E-state index contributed by atoms with van der Waals surface area (Å²) in [6.07, 6.45) is 0. The van der Waals surface area contributed by atoms with Gasteiger partial charge in [-0.1, -0.05) is 6.07 Å². The van der Waals surface area contributed by atoms with E-state index in [1.807, 2.05) is 7.05 Å². The van der Waals surface area contributed by atoms with Crippen LogP contribution in [0.1, 0.15) is 11.4 Å². The number of aromatic nitrogens is 2. The van der Waals surface area contributed by atoms with Crippen LogP contribution in [0.2, 0.25) is 0 Å². The fourth-order valence-electron chi connectivity index (χ4n) is 1.80. The van der Waals surface area contributed by atoms with Crippen molar-refractivity contribution in [2.45, 2.75) is 13.5 Å². The molecule has 2 aromatic rings. The molecule has 1 heterocycles. The maximum atomic E-state index is 8.70. The van der Waals surface area contributed by atoms with E-state index in [9.17, 15) is 0 Å². The van der Waals surface area contributed by atoms with E-state index in [0.717, 1.165) is 16.9 Å². The van der Waals surface area contributed by atoms with Gasteiger partial charge in [-0.2, -0.15) is 0 Å². The van der Waals surface area contributed by atoms with Crippen molar-refractivity contribution >= 4 is 11.0 Å². The van der Waals surface area contributed by atoms with Gasteiger partial charge < -0.3 is 15.0 Å². The van der Waals surface area contributed by atoms with Crippen LogP contribution in [0.4, 0.5) is 0 Å². The van der Waals surface area contributed by atoms with Crippen LogP contribution in [0.3, 0.4) is 0 Å². The van der Waals surface area contributed by atoms with Crippen molar-refractivity contribution in [2.75, 3.05) is 13.2 Å². The minimum absolute atomic E-state index is 0.156. The molecular formula is C12H17N3O. The van der Waals surface area contributed by atoms with E-state index in [1.165, 1.54) is 5.56 Å². The highest BCUT2D eigenvalue weighted by Crippen LogP contribution is 2.16. The van der Waals surface area contributed by atoms with Crippen molar-refractivity contribution in [2.24, 2.45) is 7.05 Å². The van der Waals surface area contributed by atoms with E-state index in [1.54, 1.807) is 0 Å². The summed E-state index contributed by atoms with van der Waals surface area (Å²) >= 11 is 0. The Bertz CT molecular complexity index is 490. The van der Waals surface area contributed by atoms with E-state index < -0.39 is 0 Å². The Morgan fingerprint density at radius 2 is 2.25 bits per heavy atom. The number of hydrogen-bond acceptors (Lipinski definition) is 3. The summed E-state index contributed by atoms with van der Waals surface area (Å²) in [6, 6.07) is 6.27. The van der Waals surface area contributed by atoms with E-state index in [0.29, 0.717) is 13.1 Å². The first-order chi connectivity index (χ1) is 7.72. The molecule has 4 nitrogen and oxygen atoms in total. The molecule has 0 saturated carbocycles. The van der Waals surface area contributed by atoms with Crippen LogP contribution in [-0.4, -0.2) is 27.8 Å². The monoisotopic (exact) mass is 219 g/mol. The van der Waals surface area contributed by atoms with E-state index in [4.69, 9.17) is 5.11 Å². The quantitative estimate of drug-likeness (QED) is 0.753. The molecule has 2 N–H and O–H groups in total. The molecule has 0 amide bonds. The molecule has 0 radical (unpaired) electrons. The third kappa shape index (κ3) is 2.08. The molecule has 0 unspecified atom stereocenters. The summed E-state index contributed by atoms with van der Waals surface area (Å²) in [7, 11) is 2.01. The van der Waals surface area contributed by atoms with Crippen LogP contribution in [0.25, 0.3) is 11.0 Å². The van der Waals surface area contributed by atoms with Gasteiger partial charge in [0.15, 0.2) is 0 Å². The summed E-state index contributed by atoms with van der Waals surface area (Å²) in [5, 5.41) is 11.8. The Balaban J connectivity index is 2.29. The van der Waals surface area contributed by atoms with Crippen molar-refractivity contribution in [1.29, 1.82) is 0 Å². The fraction of sp³-hybridized carbons (Fsp3) is 0.417. The Morgan fingerprint density at radius 1 is 1.44 bits per heavy atom. The number of benzene rings is 1. The van der Waals surface area contributed by atoms with Crippen molar-refractivity contribution in [3.05, 3.63) is 29.6 Å². The number of fused-ring (bicyclic) bond motifs is 1. The second-order valence-corrected chi connectivity index (χ2v) is 3.98. The van der Waals surface area contributed by atoms with Gasteiger partial charge in [0.05, 0.1) is 24.2 Å². The Hall–Kier alpha value is -1.39. The molecule has 86 valence electrons. The number of aryl methyl sites for hydroxylation is 2. The molecule has 0 atom stereocenters. The Morgan fingerprint density at radius 3 is 3.00 bits per heavy atom. The van der Waals surface area contributed by atoms with Crippen molar-refractivity contribution in [1.82, 2.24) is 14.9 Å². The third-order valence-corrected chi connectivity index (χ3v) is 2.70. The Labute approximate surface area is 94.9 Å². The second-order valence-electron chi connectivity index (χ2n) is 3.98. The molecule has 0 aliphatic heterocycles. The molecule has 0 fully saturated rings.